The van der Waals surface area contributed by atoms with E-state index in [1.807, 2.05) is 19.1 Å². The standard InChI is InChI=1S/C12H14N2O/c1-4-5-6-14-10(3)7-9(2)11(8-13)12(14)15/h4,7H,1,5-6H2,2-3H3. The molecule has 0 bridgehead atoms. The Morgan fingerprint density at radius 2 is 2.27 bits per heavy atom. The van der Waals surface area contributed by atoms with Gasteiger partial charge in [0.15, 0.2) is 0 Å². The average Bonchev–Trinajstić information content (AvgIpc) is 2.17. The zero-order chi connectivity index (χ0) is 11.4. The lowest BCUT2D eigenvalue weighted by Crippen LogP contribution is -2.25. The largest absolute Gasteiger partial charge is 0.311 e. The van der Waals surface area contributed by atoms with E-state index in [9.17, 15) is 4.79 Å². The van der Waals surface area contributed by atoms with Crippen molar-refractivity contribution in [1.29, 1.82) is 5.26 Å². The Hall–Kier alpha value is -1.82. The Bertz CT molecular complexity index is 478. The van der Waals surface area contributed by atoms with Gasteiger partial charge in [0.25, 0.3) is 5.56 Å². The van der Waals surface area contributed by atoms with Gasteiger partial charge in [0.05, 0.1) is 0 Å². The summed E-state index contributed by atoms with van der Waals surface area (Å²) in [7, 11) is 0. The van der Waals surface area contributed by atoms with Crippen LogP contribution in [0.3, 0.4) is 0 Å². The van der Waals surface area contributed by atoms with Crippen molar-refractivity contribution in [2.75, 3.05) is 0 Å². The zero-order valence-corrected chi connectivity index (χ0v) is 9.08. The van der Waals surface area contributed by atoms with E-state index in [0.29, 0.717) is 6.54 Å². The van der Waals surface area contributed by atoms with Gasteiger partial charge in [-0.3, -0.25) is 4.79 Å². The summed E-state index contributed by atoms with van der Waals surface area (Å²) in [4.78, 5) is 11.9. The van der Waals surface area contributed by atoms with E-state index >= 15 is 0 Å². The molecule has 0 aliphatic carbocycles. The molecule has 1 aromatic rings. The van der Waals surface area contributed by atoms with Gasteiger partial charge < -0.3 is 4.57 Å². The van der Waals surface area contributed by atoms with Gasteiger partial charge in [-0.1, -0.05) is 6.08 Å². The lowest BCUT2D eigenvalue weighted by Gasteiger charge is -2.10. The SMILES string of the molecule is C=CCCn1c(C)cc(C)c(C#N)c1=O. The van der Waals surface area contributed by atoms with Crippen molar-refractivity contribution in [3.8, 4) is 6.07 Å². The molecule has 78 valence electrons. The molecule has 0 aliphatic heterocycles. The zero-order valence-electron chi connectivity index (χ0n) is 9.08. The predicted molar refractivity (Wildman–Crippen MR) is 59.7 cm³/mol. The number of aryl methyl sites for hydroxylation is 2. The van der Waals surface area contributed by atoms with Gasteiger partial charge in [0.2, 0.25) is 0 Å². The predicted octanol–water partition coefficient (Wildman–Crippen LogP) is 1.91. The molecule has 0 fully saturated rings. The molecule has 0 aliphatic rings. The third kappa shape index (κ3) is 2.16. The average molecular weight is 202 g/mol. The fraction of sp³-hybridized carbons (Fsp3) is 0.333. The number of nitriles is 1. The Kier molecular flexibility index (Phi) is 3.46. The van der Waals surface area contributed by atoms with Crippen molar-refractivity contribution in [3.05, 3.63) is 45.9 Å². The molecule has 0 unspecified atom stereocenters. The Labute approximate surface area is 89.3 Å². The molecule has 0 spiro atoms. The Morgan fingerprint density at radius 3 is 2.80 bits per heavy atom. The summed E-state index contributed by atoms with van der Waals surface area (Å²) in [6.45, 7) is 7.86. The topological polar surface area (TPSA) is 45.8 Å². The summed E-state index contributed by atoms with van der Waals surface area (Å²) in [5, 5.41) is 8.86. The smallest absolute Gasteiger partial charge is 0.268 e. The second-order valence-corrected chi connectivity index (χ2v) is 3.49. The van der Waals surface area contributed by atoms with Gasteiger partial charge in [-0.2, -0.15) is 5.26 Å². The van der Waals surface area contributed by atoms with Crippen LogP contribution >= 0.6 is 0 Å². The second-order valence-electron chi connectivity index (χ2n) is 3.49. The van der Waals surface area contributed by atoms with E-state index in [-0.39, 0.29) is 11.1 Å². The minimum Gasteiger partial charge on any atom is -0.311 e. The molecule has 1 heterocycles. The highest BCUT2D eigenvalue weighted by Gasteiger charge is 2.08. The fourth-order valence-electron chi connectivity index (χ4n) is 1.56. The highest BCUT2D eigenvalue weighted by molar-refractivity contribution is 5.36. The van der Waals surface area contributed by atoms with Crippen LogP contribution in [0.4, 0.5) is 0 Å². The quantitative estimate of drug-likeness (QED) is 0.703. The molecule has 0 saturated carbocycles. The van der Waals surface area contributed by atoms with Gasteiger partial charge in [0, 0.05) is 12.2 Å². The number of nitrogens with zero attached hydrogens (tertiary/aromatic N) is 2. The summed E-state index contributed by atoms with van der Waals surface area (Å²) in [5.41, 5.74) is 1.68. The van der Waals surface area contributed by atoms with Crippen LogP contribution in [-0.4, -0.2) is 4.57 Å². The first-order valence-electron chi connectivity index (χ1n) is 4.84. The first-order chi connectivity index (χ1) is 7.11. The van der Waals surface area contributed by atoms with Gasteiger partial charge >= 0.3 is 0 Å². The normalized spacial score (nSPS) is 9.67. The number of aromatic nitrogens is 1. The number of rotatable bonds is 3. The molecule has 0 N–H and O–H groups in total. The highest BCUT2D eigenvalue weighted by Crippen LogP contribution is 2.05. The maximum Gasteiger partial charge on any atom is 0.268 e. The lowest BCUT2D eigenvalue weighted by atomic mass is 10.1. The molecular weight excluding hydrogens is 188 g/mol. The summed E-state index contributed by atoms with van der Waals surface area (Å²) < 4.78 is 1.62. The molecular formula is C12H14N2O. The number of allylic oxidation sites excluding steroid dienone is 1. The van der Waals surface area contributed by atoms with E-state index in [1.54, 1.807) is 17.6 Å². The second kappa shape index (κ2) is 4.61. The summed E-state index contributed by atoms with van der Waals surface area (Å²) in [6.07, 6.45) is 2.49. The van der Waals surface area contributed by atoms with Gasteiger partial charge in [-0.05, 0) is 31.9 Å². The molecule has 3 nitrogen and oxygen atoms in total. The fourth-order valence-corrected chi connectivity index (χ4v) is 1.56. The van der Waals surface area contributed by atoms with Crippen LogP contribution in [0.5, 0.6) is 0 Å². The molecule has 0 atom stereocenters. The molecule has 0 aromatic carbocycles. The van der Waals surface area contributed by atoms with Crippen molar-refractivity contribution in [3.63, 3.8) is 0 Å². The van der Waals surface area contributed by atoms with Gasteiger partial charge in [-0.25, -0.2) is 0 Å². The van der Waals surface area contributed by atoms with Crippen molar-refractivity contribution in [1.82, 2.24) is 4.57 Å². The van der Waals surface area contributed by atoms with Crippen molar-refractivity contribution >= 4 is 0 Å². The molecule has 15 heavy (non-hydrogen) atoms. The third-order valence-electron chi connectivity index (χ3n) is 2.37. The molecule has 1 rings (SSSR count). The van der Waals surface area contributed by atoms with Crippen LogP contribution in [0.25, 0.3) is 0 Å². The van der Waals surface area contributed by atoms with E-state index in [0.717, 1.165) is 17.7 Å². The third-order valence-corrected chi connectivity index (χ3v) is 2.37. The van der Waals surface area contributed by atoms with E-state index in [4.69, 9.17) is 5.26 Å². The van der Waals surface area contributed by atoms with Crippen LogP contribution in [0.1, 0.15) is 23.2 Å². The number of pyridine rings is 1. The van der Waals surface area contributed by atoms with Crippen LogP contribution < -0.4 is 5.56 Å². The molecule has 0 radical (unpaired) electrons. The Balaban J connectivity index is 3.34. The maximum absolute atomic E-state index is 11.9. The number of hydrogen-bond donors (Lipinski definition) is 0. The summed E-state index contributed by atoms with van der Waals surface area (Å²) >= 11 is 0. The minimum atomic E-state index is -0.197. The Morgan fingerprint density at radius 1 is 1.60 bits per heavy atom. The maximum atomic E-state index is 11.9. The van der Waals surface area contributed by atoms with Gasteiger partial charge in [-0.15, -0.1) is 6.58 Å². The van der Waals surface area contributed by atoms with Crippen molar-refractivity contribution in [2.24, 2.45) is 0 Å². The van der Waals surface area contributed by atoms with Crippen molar-refractivity contribution < 1.29 is 0 Å². The van der Waals surface area contributed by atoms with E-state index in [2.05, 4.69) is 6.58 Å². The molecule has 0 amide bonds. The van der Waals surface area contributed by atoms with Crippen LogP contribution in [0.15, 0.2) is 23.5 Å². The first-order valence-corrected chi connectivity index (χ1v) is 4.84. The molecule has 3 heteroatoms. The van der Waals surface area contributed by atoms with Crippen molar-refractivity contribution in [2.45, 2.75) is 26.8 Å². The first kappa shape index (κ1) is 11.3. The summed E-state index contributed by atoms with van der Waals surface area (Å²) in [6, 6.07) is 3.81. The lowest BCUT2D eigenvalue weighted by molar-refractivity contribution is 0.656. The molecule has 1 aromatic heterocycles. The molecule has 0 saturated heterocycles. The highest BCUT2D eigenvalue weighted by atomic mass is 16.1. The monoisotopic (exact) mass is 202 g/mol. The van der Waals surface area contributed by atoms with Gasteiger partial charge in [0.1, 0.15) is 11.6 Å². The van der Waals surface area contributed by atoms with Crippen LogP contribution in [-0.2, 0) is 6.54 Å². The van der Waals surface area contributed by atoms with E-state index in [1.165, 1.54) is 0 Å². The number of hydrogen-bond acceptors (Lipinski definition) is 2. The van der Waals surface area contributed by atoms with Crippen LogP contribution in [0, 0.1) is 25.2 Å². The summed E-state index contributed by atoms with van der Waals surface area (Å²) in [5.74, 6) is 0. The van der Waals surface area contributed by atoms with Crippen LogP contribution in [0.2, 0.25) is 0 Å². The minimum absolute atomic E-state index is 0.197. The van der Waals surface area contributed by atoms with E-state index < -0.39 is 0 Å².